The number of hydrogen-bond acceptors (Lipinski definition) is 1. The second kappa shape index (κ2) is 6.43. The van der Waals surface area contributed by atoms with E-state index < -0.39 is 0 Å². The number of halogens is 2. The van der Waals surface area contributed by atoms with Crippen LogP contribution in [0.4, 0.5) is 11.4 Å². The average molecular weight is 327 g/mol. The highest BCUT2D eigenvalue weighted by atomic mass is 35.5. The Morgan fingerprint density at radius 1 is 0.909 bits per heavy atom. The van der Waals surface area contributed by atoms with Crippen molar-refractivity contribution in [3.63, 3.8) is 0 Å². The first-order valence-corrected chi connectivity index (χ1v) is 7.70. The third-order valence-electron chi connectivity index (χ3n) is 3.47. The van der Waals surface area contributed by atoms with E-state index in [0.29, 0.717) is 10.0 Å². The van der Waals surface area contributed by atoms with Crippen molar-refractivity contribution in [2.75, 3.05) is 5.32 Å². The van der Waals surface area contributed by atoms with Gasteiger partial charge in [-0.1, -0.05) is 71.7 Å². The Kier molecular flexibility index (Phi) is 4.37. The van der Waals surface area contributed by atoms with Gasteiger partial charge >= 0.3 is 0 Å². The summed E-state index contributed by atoms with van der Waals surface area (Å²) in [6, 6.07) is 22.9. The molecule has 109 valence electrons. The molecule has 0 saturated heterocycles. The number of aryl methyl sites for hydroxylation is 1. The molecule has 1 nitrogen and oxygen atoms in total. The molecule has 0 aliphatic carbocycles. The van der Waals surface area contributed by atoms with Crippen molar-refractivity contribution >= 4 is 34.6 Å². The largest absolute Gasteiger partial charge is 0.353 e. The van der Waals surface area contributed by atoms with Crippen LogP contribution in [-0.2, 0) is 0 Å². The van der Waals surface area contributed by atoms with Crippen LogP contribution in [0.25, 0.3) is 11.1 Å². The van der Waals surface area contributed by atoms with Crippen LogP contribution in [0, 0.1) is 13.0 Å². The lowest BCUT2D eigenvalue weighted by molar-refractivity contribution is 1.45. The molecule has 0 amide bonds. The van der Waals surface area contributed by atoms with Gasteiger partial charge < -0.3 is 5.32 Å². The van der Waals surface area contributed by atoms with Crippen LogP contribution in [0.2, 0.25) is 10.0 Å². The zero-order valence-corrected chi connectivity index (χ0v) is 13.5. The number of benzene rings is 3. The molecule has 3 aromatic carbocycles. The van der Waals surface area contributed by atoms with Crippen molar-refractivity contribution in [1.82, 2.24) is 0 Å². The normalized spacial score (nSPS) is 10.5. The summed E-state index contributed by atoms with van der Waals surface area (Å²) in [6.45, 7) is 1.96. The molecule has 0 unspecified atom stereocenters. The lowest BCUT2D eigenvalue weighted by atomic mass is 10.0. The highest BCUT2D eigenvalue weighted by Gasteiger charge is 2.11. The molecule has 0 fully saturated rings. The molecule has 1 radical (unpaired) electrons. The van der Waals surface area contributed by atoms with Crippen molar-refractivity contribution in [2.24, 2.45) is 0 Å². The van der Waals surface area contributed by atoms with Gasteiger partial charge in [-0.05, 0) is 36.2 Å². The van der Waals surface area contributed by atoms with Gasteiger partial charge in [-0.3, -0.25) is 0 Å². The quantitative estimate of drug-likeness (QED) is 0.578. The smallest absolute Gasteiger partial charge is 0.0765 e. The summed E-state index contributed by atoms with van der Waals surface area (Å²) in [4.78, 5) is 0. The maximum Gasteiger partial charge on any atom is 0.0765 e. The van der Waals surface area contributed by atoms with Crippen molar-refractivity contribution in [2.45, 2.75) is 6.92 Å². The Morgan fingerprint density at radius 2 is 1.68 bits per heavy atom. The van der Waals surface area contributed by atoms with Crippen LogP contribution >= 0.6 is 23.2 Å². The SMILES string of the molecule is Cc1ccc(Cl)c(Nc2ccccc2-c2[c]cccc2)c1Cl. The van der Waals surface area contributed by atoms with E-state index in [1.54, 1.807) is 0 Å². The summed E-state index contributed by atoms with van der Waals surface area (Å²) in [5.41, 5.74) is 4.73. The van der Waals surface area contributed by atoms with Crippen molar-refractivity contribution in [3.8, 4) is 11.1 Å². The lowest BCUT2D eigenvalue weighted by Gasteiger charge is -2.15. The van der Waals surface area contributed by atoms with E-state index in [1.165, 1.54) is 0 Å². The Labute approximate surface area is 140 Å². The zero-order chi connectivity index (χ0) is 15.5. The van der Waals surface area contributed by atoms with Crippen molar-refractivity contribution in [3.05, 3.63) is 82.3 Å². The van der Waals surface area contributed by atoms with Gasteiger partial charge in [-0.25, -0.2) is 0 Å². The Hall–Kier alpha value is -1.96. The number of rotatable bonds is 3. The van der Waals surface area contributed by atoms with Crippen LogP contribution in [-0.4, -0.2) is 0 Å². The first-order valence-electron chi connectivity index (χ1n) is 6.94. The van der Waals surface area contributed by atoms with Gasteiger partial charge in [0.15, 0.2) is 0 Å². The molecule has 0 aliphatic heterocycles. The molecule has 0 saturated carbocycles. The third kappa shape index (κ3) is 2.96. The fourth-order valence-corrected chi connectivity index (χ4v) is 2.76. The maximum atomic E-state index is 6.39. The summed E-state index contributed by atoms with van der Waals surface area (Å²) in [5, 5.41) is 4.60. The summed E-state index contributed by atoms with van der Waals surface area (Å²) in [5.74, 6) is 0. The van der Waals surface area contributed by atoms with Crippen LogP contribution in [0.15, 0.2) is 60.7 Å². The Morgan fingerprint density at radius 3 is 2.45 bits per heavy atom. The average Bonchev–Trinajstić information content (AvgIpc) is 2.56. The first kappa shape index (κ1) is 15.0. The summed E-state index contributed by atoms with van der Waals surface area (Å²) in [7, 11) is 0. The van der Waals surface area contributed by atoms with Crippen LogP contribution < -0.4 is 5.32 Å². The molecule has 0 atom stereocenters. The predicted molar refractivity (Wildman–Crippen MR) is 95.2 cm³/mol. The van der Waals surface area contributed by atoms with Crippen LogP contribution in [0.3, 0.4) is 0 Å². The molecule has 0 heterocycles. The van der Waals surface area contributed by atoms with Gasteiger partial charge in [0, 0.05) is 11.3 Å². The van der Waals surface area contributed by atoms with E-state index in [9.17, 15) is 0 Å². The van der Waals surface area contributed by atoms with Gasteiger partial charge in [0.2, 0.25) is 0 Å². The van der Waals surface area contributed by atoms with E-state index in [4.69, 9.17) is 23.2 Å². The molecular weight excluding hydrogens is 313 g/mol. The molecule has 22 heavy (non-hydrogen) atoms. The van der Waals surface area contributed by atoms with E-state index in [1.807, 2.05) is 67.6 Å². The van der Waals surface area contributed by atoms with E-state index in [2.05, 4.69) is 11.4 Å². The minimum Gasteiger partial charge on any atom is -0.353 e. The second-order valence-electron chi connectivity index (χ2n) is 5.00. The summed E-state index contributed by atoms with van der Waals surface area (Å²) < 4.78 is 0. The van der Waals surface area contributed by atoms with Gasteiger partial charge in [0.25, 0.3) is 0 Å². The molecule has 0 aliphatic rings. The molecule has 3 heteroatoms. The molecular formula is C19H14Cl2N. The second-order valence-corrected chi connectivity index (χ2v) is 5.79. The highest BCUT2D eigenvalue weighted by molar-refractivity contribution is 6.39. The van der Waals surface area contributed by atoms with Gasteiger partial charge in [-0.2, -0.15) is 0 Å². The Bertz CT molecular complexity index is 798. The van der Waals surface area contributed by atoms with Gasteiger partial charge in [0.1, 0.15) is 0 Å². The molecule has 0 spiro atoms. The third-order valence-corrected chi connectivity index (χ3v) is 4.27. The molecule has 3 aromatic rings. The summed E-state index contributed by atoms with van der Waals surface area (Å²) in [6.07, 6.45) is 0. The minimum absolute atomic E-state index is 0.599. The maximum absolute atomic E-state index is 6.39. The molecule has 1 N–H and O–H groups in total. The van der Waals surface area contributed by atoms with E-state index in [0.717, 1.165) is 28.1 Å². The summed E-state index contributed by atoms with van der Waals surface area (Å²) >= 11 is 12.7. The molecule has 0 aromatic heterocycles. The molecule has 0 bridgehead atoms. The van der Waals surface area contributed by atoms with E-state index in [-0.39, 0.29) is 0 Å². The fraction of sp³-hybridized carbons (Fsp3) is 0.0526. The van der Waals surface area contributed by atoms with Gasteiger partial charge in [0.05, 0.1) is 15.7 Å². The molecule has 3 rings (SSSR count). The standard InChI is InChI=1S/C19H14Cl2N/c1-13-11-12-16(20)19(18(13)21)22-17-10-6-5-9-15(17)14-7-3-2-4-8-14/h2-7,9-12,22H,1H3. The van der Waals surface area contributed by atoms with E-state index >= 15 is 0 Å². The first-order chi connectivity index (χ1) is 10.7. The Balaban J connectivity index is 2.07. The monoisotopic (exact) mass is 326 g/mol. The van der Waals surface area contributed by atoms with Crippen molar-refractivity contribution < 1.29 is 0 Å². The topological polar surface area (TPSA) is 12.0 Å². The van der Waals surface area contributed by atoms with Crippen LogP contribution in [0.5, 0.6) is 0 Å². The number of hydrogen-bond donors (Lipinski definition) is 1. The van der Waals surface area contributed by atoms with Gasteiger partial charge in [-0.15, -0.1) is 0 Å². The fourth-order valence-electron chi connectivity index (χ4n) is 2.29. The lowest BCUT2D eigenvalue weighted by Crippen LogP contribution is -1.96. The zero-order valence-electron chi connectivity index (χ0n) is 12.0. The number of anilines is 2. The number of nitrogens with one attached hydrogen (secondary N) is 1. The van der Waals surface area contributed by atoms with Crippen LogP contribution in [0.1, 0.15) is 5.56 Å². The predicted octanol–water partition coefficient (Wildman–Crippen LogP) is 6.51. The highest BCUT2D eigenvalue weighted by Crippen LogP contribution is 2.37. The number of para-hydroxylation sites is 1. The van der Waals surface area contributed by atoms with Crippen molar-refractivity contribution in [1.29, 1.82) is 0 Å². The minimum atomic E-state index is 0.599.